The largest absolute Gasteiger partial charge is 0.459 e. The normalized spacial score (nSPS) is 18.1. The first-order valence-electron chi connectivity index (χ1n) is 23.7. The van der Waals surface area contributed by atoms with E-state index in [2.05, 4.69) is 81.5 Å². The Hall–Kier alpha value is -6.96. The van der Waals surface area contributed by atoms with Crippen LogP contribution in [0.25, 0.3) is 0 Å². The van der Waals surface area contributed by atoms with Crippen LogP contribution in [0.4, 0.5) is 0 Å². The monoisotopic (exact) mass is 960 g/mol. The molecular formula is C58H60O11Si. The number of esters is 4. The first kappa shape index (κ1) is 50.9. The minimum atomic E-state index is -2.64. The molecule has 6 aromatic rings. The van der Waals surface area contributed by atoms with Crippen molar-refractivity contribution in [3.63, 3.8) is 0 Å². The maximum absolute atomic E-state index is 13.9. The molecule has 362 valence electrons. The predicted molar refractivity (Wildman–Crippen MR) is 269 cm³/mol. The van der Waals surface area contributed by atoms with Crippen LogP contribution in [-0.4, -0.2) is 82.7 Å². The summed E-state index contributed by atoms with van der Waals surface area (Å²) in [7, 11) is -2.64. The van der Waals surface area contributed by atoms with Gasteiger partial charge in [0.2, 0.25) is 0 Å². The Morgan fingerprint density at radius 3 is 1.29 bits per heavy atom. The first-order chi connectivity index (χ1) is 34.0. The third-order valence-electron chi connectivity index (χ3n) is 12.0. The van der Waals surface area contributed by atoms with Gasteiger partial charge in [-0.2, -0.15) is 0 Å². The zero-order valence-electron chi connectivity index (χ0n) is 39.8. The molecular weight excluding hydrogens is 901 g/mol. The molecule has 0 saturated carbocycles. The zero-order chi connectivity index (χ0) is 49.2. The predicted octanol–water partition coefficient (Wildman–Crippen LogP) is 9.95. The van der Waals surface area contributed by atoms with Crippen LogP contribution in [0.15, 0.2) is 194 Å². The van der Waals surface area contributed by atoms with Gasteiger partial charge in [-0.3, -0.25) is 0 Å². The lowest BCUT2D eigenvalue weighted by Crippen LogP contribution is -2.66. The van der Waals surface area contributed by atoms with Crippen molar-refractivity contribution in [2.45, 2.75) is 82.2 Å². The topological polar surface area (TPSA) is 133 Å². The average Bonchev–Trinajstić information content (AvgIpc) is 3.39. The molecule has 0 spiro atoms. The third kappa shape index (κ3) is 13.2. The van der Waals surface area contributed by atoms with E-state index < -0.39 is 69.5 Å². The summed E-state index contributed by atoms with van der Waals surface area (Å²) >= 11 is 0. The fraction of sp³-hybridized carbons (Fsp3) is 0.276. The van der Waals surface area contributed by atoms with Gasteiger partial charge in [0.1, 0.15) is 12.7 Å². The molecule has 0 aromatic heterocycles. The van der Waals surface area contributed by atoms with E-state index >= 15 is 0 Å². The quantitative estimate of drug-likeness (QED) is 0.0225. The van der Waals surface area contributed by atoms with Crippen molar-refractivity contribution in [2.75, 3.05) is 19.8 Å². The number of hydrogen-bond donors (Lipinski definition) is 0. The minimum absolute atomic E-state index is 0.115. The maximum atomic E-state index is 13.9. The summed E-state index contributed by atoms with van der Waals surface area (Å²) in [5.41, 5.74) is 0.895. The number of unbranched alkanes of at least 4 members (excludes halogenated alkanes) is 2. The SMILES string of the molecule is CC(C)(C)[Si](OCCC/C=C/CCCO[C@H]1O[C@H](COC(=O)c2ccccc2)[C@@H](OC(=O)c2ccccc2)[C@H](OC(=O)c2ccccc2)[C@@H]1OC(=O)c1ccccc1)(c1ccccc1)c1ccccc1. The molecule has 11 nitrogen and oxygen atoms in total. The molecule has 5 atom stereocenters. The molecule has 70 heavy (non-hydrogen) atoms. The van der Waals surface area contributed by atoms with Gasteiger partial charge in [0.15, 0.2) is 24.6 Å². The van der Waals surface area contributed by atoms with Gasteiger partial charge in [-0.05, 0) is 89.6 Å². The summed E-state index contributed by atoms with van der Waals surface area (Å²) in [6.07, 6.45) is 0.0311. The van der Waals surface area contributed by atoms with Gasteiger partial charge in [0.25, 0.3) is 8.32 Å². The first-order valence-corrected chi connectivity index (χ1v) is 25.6. The average molecular weight is 961 g/mol. The van der Waals surface area contributed by atoms with Crippen molar-refractivity contribution in [3.8, 4) is 0 Å². The molecule has 6 aromatic carbocycles. The number of carbonyl (C=O) groups excluding carboxylic acids is 4. The van der Waals surface area contributed by atoms with Crippen LogP contribution in [0.3, 0.4) is 0 Å². The van der Waals surface area contributed by atoms with Gasteiger partial charge in [-0.25, -0.2) is 19.2 Å². The molecule has 0 N–H and O–H groups in total. The lowest BCUT2D eigenvalue weighted by atomic mass is 9.97. The summed E-state index contributed by atoms with van der Waals surface area (Å²) in [5.74, 6) is -2.97. The van der Waals surface area contributed by atoms with Crippen LogP contribution in [0.2, 0.25) is 5.04 Å². The molecule has 12 heteroatoms. The highest BCUT2D eigenvalue weighted by molar-refractivity contribution is 6.99. The van der Waals surface area contributed by atoms with Crippen LogP contribution >= 0.6 is 0 Å². The number of carbonyl (C=O) groups is 4. The van der Waals surface area contributed by atoms with Crippen LogP contribution in [0, 0.1) is 0 Å². The minimum Gasteiger partial charge on any atom is -0.459 e. The lowest BCUT2D eigenvalue weighted by Gasteiger charge is -2.44. The molecule has 0 unspecified atom stereocenters. The van der Waals surface area contributed by atoms with Crippen molar-refractivity contribution in [1.82, 2.24) is 0 Å². The Morgan fingerprint density at radius 1 is 0.486 bits per heavy atom. The zero-order valence-corrected chi connectivity index (χ0v) is 40.8. The van der Waals surface area contributed by atoms with Crippen molar-refractivity contribution in [2.24, 2.45) is 0 Å². The number of allylic oxidation sites excluding steroid dienone is 2. The van der Waals surface area contributed by atoms with E-state index in [-0.39, 0.29) is 33.9 Å². The van der Waals surface area contributed by atoms with E-state index in [1.54, 1.807) is 121 Å². The second-order valence-electron chi connectivity index (χ2n) is 17.9. The summed E-state index contributed by atoms with van der Waals surface area (Å²) in [6.45, 7) is 7.10. The fourth-order valence-electron chi connectivity index (χ4n) is 8.49. The number of ether oxygens (including phenoxy) is 6. The van der Waals surface area contributed by atoms with Crippen molar-refractivity contribution in [3.05, 3.63) is 216 Å². The Balaban J connectivity index is 1.08. The molecule has 0 bridgehead atoms. The molecule has 0 amide bonds. The molecule has 1 fully saturated rings. The van der Waals surface area contributed by atoms with Gasteiger partial charge < -0.3 is 32.8 Å². The van der Waals surface area contributed by atoms with E-state index in [0.29, 0.717) is 19.4 Å². The number of benzene rings is 6. The maximum Gasteiger partial charge on any atom is 0.338 e. The Labute approximate surface area is 411 Å². The second kappa shape index (κ2) is 25.1. The van der Waals surface area contributed by atoms with Gasteiger partial charge in [0.05, 0.1) is 28.9 Å². The Morgan fingerprint density at radius 2 is 0.857 bits per heavy atom. The molecule has 1 saturated heterocycles. The Bertz CT molecular complexity index is 2550. The van der Waals surface area contributed by atoms with Crippen LogP contribution < -0.4 is 10.4 Å². The Kier molecular flexibility index (Phi) is 18.2. The van der Waals surface area contributed by atoms with E-state index in [1.807, 2.05) is 12.1 Å². The van der Waals surface area contributed by atoms with E-state index in [1.165, 1.54) is 10.4 Å². The molecule has 1 heterocycles. The molecule has 1 aliphatic heterocycles. The van der Waals surface area contributed by atoms with Crippen molar-refractivity contribution >= 4 is 42.6 Å². The second-order valence-corrected chi connectivity index (χ2v) is 22.2. The van der Waals surface area contributed by atoms with Crippen molar-refractivity contribution < 1.29 is 52.0 Å². The van der Waals surface area contributed by atoms with Gasteiger partial charge in [-0.15, -0.1) is 0 Å². The van der Waals surface area contributed by atoms with E-state index in [4.69, 9.17) is 32.8 Å². The molecule has 0 radical (unpaired) electrons. The van der Waals surface area contributed by atoms with Crippen LogP contribution in [0.5, 0.6) is 0 Å². The molecule has 0 aliphatic carbocycles. The third-order valence-corrected chi connectivity index (χ3v) is 17.0. The summed E-state index contributed by atoms with van der Waals surface area (Å²) in [5, 5.41) is 2.37. The smallest absolute Gasteiger partial charge is 0.338 e. The van der Waals surface area contributed by atoms with Gasteiger partial charge >= 0.3 is 23.9 Å². The highest BCUT2D eigenvalue weighted by Crippen LogP contribution is 2.37. The summed E-state index contributed by atoms with van der Waals surface area (Å²) in [6, 6.07) is 54.4. The van der Waals surface area contributed by atoms with Crippen LogP contribution in [-0.2, 0) is 32.8 Å². The van der Waals surface area contributed by atoms with Crippen LogP contribution in [0.1, 0.15) is 87.9 Å². The lowest BCUT2D eigenvalue weighted by molar-refractivity contribution is -0.298. The number of hydrogen-bond acceptors (Lipinski definition) is 11. The molecule has 1 aliphatic rings. The summed E-state index contributed by atoms with van der Waals surface area (Å²) < 4.78 is 44.2. The van der Waals surface area contributed by atoms with E-state index in [0.717, 1.165) is 12.8 Å². The van der Waals surface area contributed by atoms with Crippen molar-refractivity contribution in [1.29, 1.82) is 0 Å². The number of rotatable bonds is 21. The van der Waals surface area contributed by atoms with Gasteiger partial charge in [-0.1, -0.05) is 166 Å². The highest BCUT2D eigenvalue weighted by Gasteiger charge is 2.54. The highest BCUT2D eigenvalue weighted by atomic mass is 28.4. The fourth-order valence-corrected chi connectivity index (χ4v) is 13.1. The van der Waals surface area contributed by atoms with E-state index in [9.17, 15) is 19.2 Å². The standard InChI is InChI=1S/C58H60O11Si/c1-58(2,3)70(47-36-22-12-23-37-47,48-38-24-13-25-39-48)65-41-27-7-5-4-6-26-40-63-57-52(69-56(62)46-34-20-11-21-35-46)51(68-55(61)45-32-18-10-19-33-45)50(67-54(60)44-30-16-9-17-31-44)49(66-57)42-64-53(59)43-28-14-8-15-29-43/h4-5,8-25,28-39,49-52,57H,6-7,26-27,40-42H2,1-3H3/b5-4+/t49-,50-,51+,52+,57+/m1/s1. The summed E-state index contributed by atoms with van der Waals surface area (Å²) in [4.78, 5) is 54.9. The van der Waals surface area contributed by atoms with Gasteiger partial charge in [0, 0.05) is 6.61 Å². The molecule has 7 rings (SSSR count).